The average Bonchev–Trinajstić information content (AvgIpc) is 3.33. The second-order valence-corrected chi connectivity index (χ2v) is 7.88. The number of piperazine rings is 1. The molecule has 5 nitrogen and oxygen atoms in total. The van der Waals surface area contributed by atoms with Crippen molar-refractivity contribution in [3.63, 3.8) is 0 Å². The molecule has 1 aromatic carbocycles. The molecule has 0 saturated carbocycles. The minimum absolute atomic E-state index is 0.617. The van der Waals surface area contributed by atoms with Crippen molar-refractivity contribution < 1.29 is 4.74 Å². The van der Waals surface area contributed by atoms with Gasteiger partial charge in [0.15, 0.2) is 5.96 Å². The summed E-state index contributed by atoms with van der Waals surface area (Å²) < 4.78 is 5.51. The van der Waals surface area contributed by atoms with Gasteiger partial charge in [0.2, 0.25) is 0 Å². The predicted octanol–water partition coefficient (Wildman–Crippen LogP) is 1.95. The largest absolute Gasteiger partial charge is 0.381 e. The van der Waals surface area contributed by atoms with E-state index in [1.165, 1.54) is 36.9 Å². The summed E-state index contributed by atoms with van der Waals surface area (Å²) >= 11 is 0. The lowest BCUT2D eigenvalue weighted by Gasteiger charge is -2.37. The highest BCUT2D eigenvalue weighted by molar-refractivity contribution is 5.80. The molecule has 1 N–H and O–H groups in total. The van der Waals surface area contributed by atoms with Crippen molar-refractivity contribution in [1.82, 2.24) is 15.1 Å². The first kappa shape index (κ1) is 17.8. The highest BCUT2D eigenvalue weighted by Gasteiger charge is 2.25. The zero-order valence-corrected chi connectivity index (χ0v) is 16.0. The van der Waals surface area contributed by atoms with E-state index in [4.69, 9.17) is 4.74 Å². The van der Waals surface area contributed by atoms with Crippen molar-refractivity contribution in [2.24, 2.45) is 10.9 Å². The van der Waals surface area contributed by atoms with Crippen LogP contribution in [0.3, 0.4) is 0 Å². The molecule has 0 aromatic heterocycles. The van der Waals surface area contributed by atoms with Gasteiger partial charge in [0.05, 0.1) is 6.61 Å². The number of rotatable bonds is 4. The molecule has 2 fully saturated rings. The molecular formula is C21H32N4O. The van der Waals surface area contributed by atoms with Crippen molar-refractivity contribution in [3.05, 3.63) is 35.4 Å². The number of guanidine groups is 1. The number of nitrogens with one attached hydrogen (secondary N) is 1. The summed E-state index contributed by atoms with van der Waals surface area (Å²) in [6, 6.07) is 8.90. The van der Waals surface area contributed by atoms with Crippen molar-refractivity contribution in [2.75, 3.05) is 59.5 Å². The van der Waals surface area contributed by atoms with Crippen LogP contribution in [-0.2, 0) is 11.2 Å². The summed E-state index contributed by atoms with van der Waals surface area (Å²) in [4.78, 5) is 9.56. The zero-order chi connectivity index (χ0) is 17.8. The smallest absolute Gasteiger partial charge is 0.193 e. The maximum atomic E-state index is 5.51. The van der Waals surface area contributed by atoms with Crippen LogP contribution in [-0.4, -0.2) is 75.3 Å². The number of fused-ring (bicyclic) bond motifs is 1. The Bertz CT molecular complexity index is 618. The van der Waals surface area contributed by atoms with Gasteiger partial charge in [-0.05, 0) is 36.3 Å². The maximum absolute atomic E-state index is 5.51. The fraction of sp³-hybridized carbons (Fsp3) is 0.667. The molecule has 2 heterocycles. The average molecular weight is 357 g/mol. The van der Waals surface area contributed by atoms with Crippen molar-refractivity contribution in [3.8, 4) is 0 Å². The summed E-state index contributed by atoms with van der Waals surface area (Å²) in [5, 5.41) is 3.65. The monoisotopic (exact) mass is 356 g/mol. The van der Waals surface area contributed by atoms with Crippen molar-refractivity contribution in [1.29, 1.82) is 0 Å². The van der Waals surface area contributed by atoms with Gasteiger partial charge in [0.1, 0.15) is 0 Å². The number of nitrogens with zero attached hydrogens (tertiary/aromatic N) is 3. The van der Waals surface area contributed by atoms with E-state index in [1.807, 2.05) is 7.05 Å². The first-order valence-corrected chi connectivity index (χ1v) is 10.2. The van der Waals surface area contributed by atoms with Gasteiger partial charge in [-0.2, -0.15) is 0 Å². The molecule has 2 unspecified atom stereocenters. The molecule has 2 aliphatic heterocycles. The van der Waals surface area contributed by atoms with E-state index in [0.29, 0.717) is 5.92 Å². The number of hydrogen-bond acceptors (Lipinski definition) is 3. The van der Waals surface area contributed by atoms with Gasteiger partial charge in [0.25, 0.3) is 0 Å². The Hall–Kier alpha value is -1.59. The van der Waals surface area contributed by atoms with Crippen LogP contribution in [0.5, 0.6) is 0 Å². The lowest BCUT2D eigenvalue weighted by atomic mass is 10.0. The third kappa shape index (κ3) is 4.04. The molecule has 26 heavy (non-hydrogen) atoms. The Morgan fingerprint density at radius 2 is 2.04 bits per heavy atom. The molecule has 0 amide bonds. The van der Waals surface area contributed by atoms with E-state index in [0.717, 1.165) is 57.8 Å². The summed E-state index contributed by atoms with van der Waals surface area (Å²) in [6.07, 6.45) is 3.69. The highest BCUT2D eigenvalue weighted by Crippen LogP contribution is 2.32. The van der Waals surface area contributed by atoms with Crippen LogP contribution in [0.2, 0.25) is 0 Å². The van der Waals surface area contributed by atoms with Crippen LogP contribution in [0.15, 0.2) is 29.3 Å². The minimum atomic E-state index is 0.617. The molecule has 3 aliphatic rings. The number of aliphatic imine (C=N–C) groups is 1. The van der Waals surface area contributed by atoms with E-state index < -0.39 is 0 Å². The van der Waals surface area contributed by atoms with Gasteiger partial charge in [0, 0.05) is 58.8 Å². The fourth-order valence-corrected chi connectivity index (χ4v) is 4.64. The van der Waals surface area contributed by atoms with Crippen molar-refractivity contribution in [2.45, 2.75) is 25.2 Å². The quantitative estimate of drug-likeness (QED) is 0.661. The molecular weight excluding hydrogens is 324 g/mol. The Morgan fingerprint density at radius 1 is 1.19 bits per heavy atom. The van der Waals surface area contributed by atoms with E-state index in [9.17, 15) is 0 Å². The lowest BCUT2D eigenvalue weighted by molar-refractivity contribution is 0.139. The standard InChI is InChI=1S/C21H32N4O/c1-22-21(23-14-19-7-6-18-4-2-3-5-20(18)19)25-11-9-24(10-12-25)15-17-8-13-26-16-17/h2-5,17,19H,6-16H2,1H3,(H,22,23). The summed E-state index contributed by atoms with van der Waals surface area (Å²) in [6.45, 7) is 8.47. The highest BCUT2D eigenvalue weighted by atomic mass is 16.5. The third-order valence-corrected chi connectivity index (χ3v) is 6.19. The Balaban J connectivity index is 1.25. The molecule has 0 bridgehead atoms. The number of aryl methyl sites for hydroxylation is 1. The van der Waals surface area contributed by atoms with Gasteiger partial charge in [-0.3, -0.25) is 9.89 Å². The molecule has 0 spiro atoms. The normalized spacial score (nSPS) is 27.0. The van der Waals surface area contributed by atoms with Gasteiger partial charge in [-0.15, -0.1) is 0 Å². The molecule has 5 heteroatoms. The molecule has 2 atom stereocenters. The lowest BCUT2D eigenvalue weighted by Crippen LogP contribution is -2.53. The van der Waals surface area contributed by atoms with Crippen LogP contribution in [0.1, 0.15) is 29.9 Å². The number of hydrogen-bond donors (Lipinski definition) is 1. The maximum Gasteiger partial charge on any atom is 0.193 e. The molecule has 2 saturated heterocycles. The van der Waals surface area contributed by atoms with Crippen LogP contribution >= 0.6 is 0 Å². The van der Waals surface area contributed by atoms with E-state index >= 15 is 0 Å². The zero-order valence-electron chi connectivity index (χ0n) is 16.0. The van der Waals surface area contributed by atoms with Crippen LogP contribution in [0.25, 0.3) is 0 Å². The van der Waals surface area contributed by atoms with Crippen LogP contribution in [0.4, 0.5) is 0 Å². The molecule has 142 valence electrons. The summed E-state index contributed by atoms with van der Waals surface area (Å²) in [5.41, 5.74) is 3.05. The van der Waals surface area contributed by atoms with Crippen molar-refractivity contribution >= 4 is 5.96 Å². The topological polar surface area (TPSA) is 40.1 Å². The van der Waals surface area contributed by atoms with E-state index in [2.05, 4.69) is 44.4 Å². The molecule has 1 aliphatic carbocycles. The predicted molar refractivity (Wildman–Crippen MR) is 106 cm³/mol. The Kier molecular flexibility index (Phi) is 5.75. The Labute approximate surface area is 157 Å². The van der Waals surface area contributed by atoms with Crippen LogP contribution in [0, 0.1) is 5.92 Å². The SMILES string of the molecule is CN=C(NCC1CCc2ccccc21)N1CCN(CC2CCOC2)CC1. The van der Waals surface area contributed by atoms with E-state index in [-0.39, 0.29) is 0 Å². The third-order valence-electron chi connectivity index (χ3n) is 6.19. The van der Waals surface area contributed by atoms with Gasteiger partial charge < -0.3 is 15.0 Å². The summed E-state index contributed by atoms with van der Waals surface area (Å²) in [7, 11) is 1.91. The number of benzene rings is 1. The molecule has 4 rings (SSSR count). The Morgan fingerprint density at radius 3 is 2.81 bits per heavy atom. The molecule has 1 aromatic rings. The fourth-order valence-electron chi connectivity index (χ4n) is 4.64. The number of ether oxygens (including phenoxy) is 1. The van der Waals surface area contributed by atoms with Gasteiger partial charge in [-0.1, -0.05) is 24.3 Å². The van der Waals surface area contributed by atoms with Gasteiger partial charge in [-0.25, -0.2) is 0 Å². The summed E-state index contributed by atoms with van der Waals surface area (Å²) in [5.74, 6) is 2.42. The van der Waals surface area contributed by atoms with Crippen LogP contribution < -0.4 is 5.32 Å². The first-order chi connectivity index (χ1) is 12.8. The minimum Gasteiger partial charge on any atom is -0.381 e. The second-order valence-electron chi connectivity index (χ2n) is 7.88. The molecule has 0 radical (unpaired) electrons. The van der Waals surface area contributed by atoms with E-state index in [1.54, 1.807) is 0 Å². The first-order valence-electron chi connectivity index (χ1n) is 10.2. The second kappa shape index (κ2) is 8.40. The van der Waals surface area contributed by atoms with Gasteiger partial charge >= 0.3 is 0 Å².